The third-order valence-electron chi connectivity index (χ3n) is 4.66. The van der Waals surface area contributed by atoms with Gasteiger partial charge in [0.2, 0.25) is 0 Å². The molecular formula is C23H21ClN2O2S. The number of aromatic nitrogens is 2. The Bertz CT molecular complexity index is 1220. The molecular weight excluding hydrogens is 404 g/mol. The Labute approximate surface area is 177 Å². The van der Waals surface area contributed by atoms with Crippen LogP contribution in [0.15, 0.2) is 71.8 Å². The van der Waals surface area contributed by atoms with Crippen molar-refractivity contribution in [2.75, 3.05) is 6.26 Å². The van der Waals surface area contributed by atoms with Gasteiger partial charge in [0.25, 0.3) is 0 Å². The number of halogens is 1. The van der Waals surface area contributed by atoms with Crippen LogP contribution in [0.1, 0.15) is 25.5 Å². The molecule has 1 atom stereocenters. The smallest absolute Gasteiger partial charge is 0.156 e. The zero-order valence-electron chi connectivity index (χ0n) is 16.4. The van der Waals surface area contributed by atoms with Crippen molar-refractivity contribution in [1.29, 1.82) is 0 Å². The second kappa shape index (κ2) is 8.01. The highest BCUT2D eigenvalue weighted by Gasteiger charge is 2.18. The molecule has 4 rings (SSSR count). The van der Waals surface area contributed by atoms with Gasteiger partial charge >= 0.3 is 0 Å². The number of hydrogen-bond acceptors (Lipinski definition) is 3. The van der Waals surface area contributed by atoms with E-state index >= 15 is 0 Å². The summed E-state index contributed by atoms with van der Waals surface area (Å²) in [5.41, 5.74) is 3.73. The molecule has 0 saturated heterocycles. The van der Waals surface area contributed by atoms with Gasteiger partial charge in [-0.05, 0) is 48.4 Å². The van der Waals surface area contributed by atoms with Crippen LogP contribution in [-0.2, 0) is 10.8 Å². The van der Waals surface area contributed by atoms with Crippen molar-refractivity contribution in [2.24, 2.45) is 0 Å². The second-order valence-corrected chi connectivity index (χ2v) is 8.90. The molecule has 29 heavy (non-hydrogen) atoms. The average Bonchev–Trinajstić information content (AvgIpc) is 3.10. The van der Waals surface area contributed by atoms with Gasteiger partial charge in [0.15, 0.2) is 5.65 Å². The van der Waals surface area contributed by atoms with Gasteiger partial charge in [-0.25, -0.2) is 4.98 Å². The summed E-state index contributed by atoms with van der Waals surface area (Å²) in [4.78, 5) is 5.52. The number of rotatable bonds is 5. The van der Waals surface area contributed by atoms with E-state index in [1.54, 1.807) is 12.3 Å². The van der Waals surface area contributed by atoms with E-state index in [1.807, 2.05) is 65.2 Å². The predicted molar refractivity (Wildman–Crippen MR) is 119 cm³/mol. The first-order chi connectivity index (χ1) is 13.9. The van der Waals surface area contributed by atoms with Crippen LogP contribution < -0.4 is 4.74 Å². The molecule has 2 aromatic carbocycles. The standard InChI is InChI=1S/C23H21ClN2O2S/c1-15(2)21-22(26-12-6-11-20(24)23(26)25-21)16-7-4-8-17(13-16)28-18-9-5-10-19(14-18)29(3)27/h4-15H,1-3H3. The highest BCUT2D eigenvalue weighted by atomic mass is 35.5. The summed E-state index contributed by atoms with van der Waals surface area (Å²) < 4.78 is 19.8. The molecule has 6 heteroatoms. The molecule has 0 bridgehead atoms. The molecule has 2 aromatic heterocycles. The van der Waals surface area contributed by atoms with Gasteiger partial charge in [-0.3, -0.25) is 8.61 Å². The van der Waals surface area contributed by atoms with Crippen molar-refractivity contribution in [3.63, 3.8) is 0 Å². The van der Waals surface area contributed by atoms with Crippen molar-refractivity contribution in [1.82, 2.24) is 9.38 Å². The van der Waals surface area contributed by atoms with E-state index in [9.17, 15) is 4.21 Å². The number of ether oxygens (including phenoxy) is 1. The molecule has 0 amide bonds. The van der Waals surface area contributed by atoms with E-state index in [0.717, 1.165) is 27.5 Å². The summed E-state index contributed by atoms with van der Waals surface area (Å²) in [6.45, 7) is 4.24. The summed E-state index contributed by atoms with van der Waals surface area (Å²) in [5.74, 6) is 1.59. The molecule has 0 aliphatic carbocycles. The zero-order valence-corrected chi connectivity index (χ0v) is 18.0. The predicted octanol–water partition coefficient (Wildman–Crippen LogP) is 6.31. The minimum absolute atomic E-state index is 0.238. The fourth-order valence-electron chi connectivity index (χ4n) is 3.30. The second-order valence-electron chi connectivity index (χ2n) is 7.11. The maximum absolute atomic E-state index is 11.7. The van der Waals surface area contributed by atoms with Crippen molar-refractivity contribution < 1.29 is 8.95 Å². The molecule has 0 N–H and O–H groups in total. The molecule has 0 aliphatic heterocycles. The maximum atomic E-state index is 11.7. The van der Waals surface area contributed by atoms with Crippen LogP contribution in [0.2, 0.25) is 5.02 Å². The Morgan fingerprint density at radius 2 is 1.76 bits per heavy atom. The highest BCUT2D eigenvalue weighted by Crippen LogP contribution is 2.34. The Morgan fingerprint density at radius 1 is 1.03 bits per heavy atom. The molecule has 0 aliphatic rings. The van der Waals surface area contributed by atoms with E-state index < -0.39 is 10.8 Å². The van der Waals surface area contributed by atoms with Gasteiger partial charge in [-0.15, -0.1) is 0 Å². The van der Waals surface area contributed by atoms with E-state index in [0.29, 0.717) is 16.5 Å². The van der Waals surface area contributed by atoms with Crippen LogP contribution in [0.3, 0.4) is 0 Å². The van der Waals surface area contributed by atoms with Gasteiger partial charge in [-0.1, -0.05) is 43.6 Å². The minimum Gasteiger partial charge on any atom is -0.457 e. The van der Waals surface area contributed by atoms with E-state index in [4.69, 9.17) is 21.3 Å². The molecule has 4 aromatic rings. The zero-order chi connectivity index (χ0) is 20.5. The first-order valence-corrected chi connectivity index (χ1v) is 11.3. The van der Waals surface area contributed by atoms with Crippen LogP contribution in [0.5, 0.6) is 11.5 Å². The molecule has 148 valence electrons. The third-order valence-corrected chi connectivity index (χ3v) is 5.87. The number of benzene rings is 2. The first kappa shape index (κ1) is 19.7. The quantitative estimate of drug-likeness (QED) is 0.377. The summed E-state index contributed by atoms with van der Waals surface area (Å²) in [7, 11) is -1.06. The van der Waals surface area contributed by atoms with E-state index in [1.165, 1.54) is 0 Å². The van der Waals surface area contributed by atoms with Crippen molar-refractivity contribution in [3.05, 3.63) is 77.6 Å². The fraction of sp³-hybridized carbons (Fsp3) is 0.174. The molecule has 4 nitrogen and oxygen atoms in total. The van der Waals surface area contributed by atoms with Gasteiger partial charge in [-0.2, -0.15) is 0 Å². The topological polar surface area (TPSA) is 43.6 Å². The van der Waals surface area contributed by atoms with E-state index in [-0.39, 0.29) is 5.92 Å². The van der Waals surface area contributed by atoms with Crippen LogP contribution in [0.25, 0.3) is 16.9 Å². The van der Waals surface area contributed by atoms with Crippen molar-refractivity contribution in [3.8, 4) is 22.8 Å². The molecule has 1 unspecified atom stereocenters. The lowest BCUT2D eigenvalue weighted by Crippen LogP contribution is -1.95. The Balaban J connectivity index is 1.78. The lowest BCUT2D eigenvalue weighted by Gasteiger charge is -2.11. The summed E-state index contributed by atoms with van der Waals surface area (Å²) in [6.07, 6.45) is 3.63. The summed E-state index contributed by atoms with van der Waals surface area (Å²) >= 11 is 6.38. The van der Waals surface area contributed by atoms with Crippen LogP contribution >= 0.6 is 11.6 Å². The van der Waals surface area contributed by atoms with E-state index in [2.05, 4.69) is 13.8 Å². The van der Waals surface area contributed by atoms with Crippen LogP contribution in [0.4, 0.5) is 0 Å². The number of fused-ring (bicyclic) bond motifs is 1. The Kier molecular flexibility index (Phi) is 5.43. The van der Waals surface area contributed by atoms with Gasteiger partial charge in [0, 0.05) is 33.7 Å². The Hall–Kier alpha value is -2.63. The molecule has 0 fully saturated rings. The molecule has 0 saturated carbocycles. The SMILES string of the molecule is CC(C)c1nc2c(Cl)cccn2c1-c1cccc(Oc2cccc(S(C)=O)c2)c1. The van der Waals surface area contributed by atoms with Gasteiger partial charge < -0.3 is 4.74 Å². The molecule has 2 heterocycles. The van der Waals surface area contributed by atoms with Crippen molar-refractivity contribution >= 4 is 28.0 Å². The molecule has 0 radical (unpaired) electrons. The third kappa shape index (κ3) is 3.93. The van der Waals surface area contributed by atoms with Gasteiger partial charge in [0.05, 0.1) is 16.4 Å². The fourth-order valence-corrected chi connectivity index (χ4v) is 4.06. The highest BCUT2D eigenvalue weighted by molar-refractivity contribution is 7.84. The number of hydrogen-bond donors (Lipinski definition) is 0. The van der Waals surface area contributed by atoms with Crippen molar-refractivity contribution in [2.45, 2.75) is 24.7 Å². The Morgan fingerprint density at radius 3 is 2.48 bits per heavy atom. The monoisotopic (exact) mass is 424 g/mol. The first-order valence-electron chi connectivity index (χ1n) is 9.32. The normalized spacial score (nSPS) is 12.4. The maximum Gasteiger partial charge on any atom is 0.156 e. The molecule has 0 spiro atoms. The lowest BCUT2D eigenvalue weighted by molar-refractivity contribution is 0.481. The minimum atomic E-state index is -1.06. The van der Waals surface area contributed by atoms with Crippen LogP contribution in [0, 0.1) is 0 Å². The number of imidazole rings is 1. The number of pyridine rings is 1. The summed E-state index contributed by atoms with van der Waals surface area (Å²) in [5, 5.41) is 0.623. The van der Waals surface area contributed by atoms with Gasteiger partial charge in [0.1, 0.15) is 11.5 Å². The summed E-state index contributed by atoms with van der Waals surface area (Å²) in [6, 6.07) is 19.0. The lowest BCUT2D eigenvalue weighted by atomic mass is 10.0. The average molecular weight is 425 g/mol. The van der Waals surface area contributed by atoms with Crippen LogP contribution in [-0.4, -0.2) is 19.8 Å². The largest absolute Gasteiger partial charge is 0.457 e. The number of nitrogens with zero attached hydrogens (tertiary/aromatic N) is 2.